The Morgan fingerprint density at radius 2 is 1.84 bits per heavy atom. The van der Waals surface area contributed by atoms with E-state index < -0.39 is 5.97 Å². The number of esters is 1. The maximum atomic E-state index is 11.5. The van der Waals surface area contributed by atoms with Crippen molar-refractivity contribution in [3.05, 3.63) is 59.7 Å². The molecule has 0 fully saturated rings. The molecule has 0 heterocycles. The molecular weight excluding hydrogens is 242 g/mol. The molecule has 0 aliphatic heterocycles. The molecular formula is C15H15NO3. The molecule has 0 saturated carbocycles. The third kappa shape index (κ3) is 3.04. The Morgan fingerprint density at radius 1 is 1.11 bits per heavy atom. The second-order valence-corrected chi connectivity index (χ2v) is 3.98. The molecule has 0 unspecified atom stereocenters. The molecule has 0 bridgehead atoms. The van der Waals surface area contributed by atoms with Crippen molar-refractivity contribution in [1.82, 2.24) is 0 Å². The Balaban J connectivity index is 2.15. The van der Waals surface area contributed by atoms with Crippen molar-refractivity contribution in [2.75, 3.05) is 12.8 Å². The molecule has 0 aliphatic rings. The molecule has 4 heteroatoms. The number of hydrogen-bond acceptors (Lipinski definition) is 4. The van der Waals surface area contributed by atoms with Gasteiger partial charge in [-0.05, 0) is 17.7 Å². The highest BCUT2D eigenvalue weighted by molar-refractivity contribution is 5.96. The number of carbonyl (C=O) groups is 1. The Hall–Kier alpha value is -2.49. The van der Waals surface area contributed by atoms with Crippen molar-refractivity contribution in [1.29, 1.82) is 0 Å². The maximum absolute atomic E-state index is 11.5. The van der Waals surface area contributed by atoms with Crippen molar-refractivity contribution in [2.24, 2.45) is 0 Å². The molecule has 4 nitrogen and oxygen atoms in total. The van der Waals surface area contributed by atoms with E-state index >= 15 is 0 Å². The number of benzene rings is 2. The molecule has 19 heavy (non-hydrogen) atoms. The third-order valence-corrected chi connectivity index (χ3v) is 2.71. The molecule has 0 spiro atoms. The van der Waals surface area contributed by atoms with Gasteiger partial charge in [-0.15, -0.1) is 0 Å². The predicted octanol–water partition coefficient (Wildman–Crippen LogP) is 2.63. The van der Waals surface area contributed by atoms with Crippen molar-refractivity contribution >= 4 is 11.7 Å². The molecule has 2 rings (SSSR count). The van der Waals surface area contributed by atoms with E-state index in [0.29, 0.717) is 23.6 Å². The Morgan fingerprint density at radius 3 is 2.53 bits per heavy atom. The normalized spacial score (nSPS) is 9.95. The lowest BCUT2D eigenvalue weighted by molar-refractivity contribution is 0.0601. The third-order valence-electron chi connectivity index (χ3n) is 2.71. The van der Waals surface area contributed by atoms with Crippen LogP contribution >= 0.6 is 0 Å². The fourth-order valence-corrected chi connectivity index (χ4v) is 1.69. The van der Waals surface area contributed by atoms with Gasteiger partial charge in [0.15, 0.2) is 0 Å². The average molecular weight is 257 g/mol. The molecule has 0 radical (unpaired) electrons. The van der Waals surface area contributed by atoms with Crippen LogP contribution < -0.4 is 10.5 Å². The zero-order valence-corrected chi connectivity index (χ0v) is 10.6. The van der Waals surface area contributed by atoms with Crippen LogP contribution in [0.4, 0.5) is 5.69 Å². The highest BCUT2D eigenvalue weighted by Crippen LogP contribution is 2.26. The van der Waals surface area contributed by atoms with Crippen LogP contribution in [0.25, 0.3) is 0 Å². The number of rotatable bonds is 4. The van der Waals surface area contributed by atoms with E-state index in [1.165, 1.54) is 7.11 Å². The smallest absolute Gasteiger partial charge is 0.340 e. The highest BCUT2D eigenvalue weighted by Gasteiger charge is 2.13. The van der Waals surface area contributed by atoms with E-state index in [1.807, 2.05) is 30.3 Å². The summed E-state index contributed by atoms with van der Waals surface area (Å²) in [5.41, 5.74) is 7.54. The molecule has 0 saturated heterocycles. The predicted molar refractivity (Wildman–Crippen MR) is 73.0 cm³/mol. The van der Waals surface area contributed by atoms with E-state index in [-0.39, 0.29) is 0 Å². The minimum atomic E-state index is -0.470. The number of methoxy groups -OCH3 is 1. The van der Waals surface area contributed by atoms with Gasteiger partial charge in [0.2, 0.25) is 0 Å². The van der Waals surface area contributed by atoms with E-state index in [0.717, 1.165) is 5.56 Å². The first-order chi connectivity index (χ1) is 9.22. The standard InChI is InChI=1S/C15H15NO3/c1-18-15(17)12-8-5-9-13(14(12)16)19-10-11-6-3-2-4-7-11/h2-9H,10,16H2,1H3. The fourth-order valence-electron chi connectivity index (χ4n) is 1.69. The van der Waals surface area contributed by atoms with Gasteiger partial charge in [-0.2, -0.15) is 0 Å². The van der Waals surface area contributed by atoms with Crippen LogP contribution in [0, 0.1) is 0 Å². The van der Waals surface area contributed by atoms with Crippen molar-refractivity contribution < 1.29 is 14.3 Å². The van der Waals surface area contributed by atoms with Gasteiger partial charge in [-0.1, -0.05) is 36.4 Å². The topological polar surface area (TPSA) is 61.5 Å². The second kappa shape index (κ2) is 5.91. The van der Waals surface area contributed by atoms with E-state index in [4.69, 9.17) is 10.5 Å². The molecule has 2 aromatic rings. The van der Waals surface area contributed by atoms with Crippen molar-refractivity contribution in [2.45, 2.75) is 6.61 Å². The first-order valence-corrected chi connectivity index (χ1v) is 5.86. The monoisotopic (exact) mass is 257 g/mol. The number of anilines is 1. The van der Waals surface area contributed by atoms with E-state index in [9.17, 15) is 4.79 Å². The van der Waals surface area contributed by atoms with Crippen LogP contribution in [0.1, 0.15) is 15.9 Å². The van der Waals surface area contributed by atoms with Crippen molar-refractivity contribution in [3.8, 4) is 5.75 Å². The summed E-state index contributed by atoms with van der Waals surface area (Å²) in [4.78, 5) is 11.5. The molecule has 2 N–H and O–H groups in total. The second-order valence-electron chi connectivity index (χ2n) is 3.98. The molecule has 0 atom stereocenters. The summed E-state index contributed by atoms with van der Waals surface area (Å²) >= 11 is 0. The zero-order valence-electron chi connectivity index (χ0n) is 10.6. The van der Waals surface area contributed by atoms with Gasteiger partial charge in [0.25, 0.3) is 0 Å². The number of ether oxygens (including phenoxy) is 2. The van der Waals surface area contributed by atoms with Gasteiger partial charge < -0.3 is 15.2 Å². The van der Waals surface area contributed by atoms with Gasteiger partial charge in [0.05, 0.1) is 18.4 Å². The van der Waals surface area contributed by atoms with Gasteiger partial charge in [0.1, 0.15) is 12.4 Å². The number of nitrogens with two attached hydrogens (primary N) is 1. The highest BCUT2D eigenvalue weighted by atomic mass is 16.5. The van der Waals surface area contributed by atoms with Crippen LogP contribution in [0.5, 0.6) is 5.75 Å². The summed E-state index contributed by atoms with van der Waals surface area (Å²) in [5, 5.41) is 0. The molecule has 0 aromatic heterocycles. The first-order valence-electron chi connectivity index (χ1n) is 5.86. The summed E-state index contributed by atoms with van der Waals surface area (Å²) < 4.78 is 10.3. The molecule has 0 aliphatic carbocycles. The summed E-state index contributed by atoms with van der Waals surface area (Å²) in [6.07, 6.45) is 0. The minimum absolute atomic E-state index is 0.297. The SMILES string of the molecule is COC(=O)c1cccc(OCc2ccccc2)c1N. The molecule has 0 amide bonds. The van der Waals surface area contributed by atoms with Crippen LogP contribution in [0.15, 0.2) is 48.5 Å². The van der Waals surface area contributed by atoms with Crippen molar-refractivity contribution in [3.63, 3.8) is 0 Å². The van der Waals surface area contributed by atoms with E-state index in [1.54, 1.807) is 18.2 Å². The van der Waals surface area contributed by atoms with E-state index in [2.05, 4.69) is 4.74 Å². The van der Waals surface area contributed by atoms with Gasteiger partial charge in [-0.3, -0.25) is 0 Å². The van der Waals surface area contributed by atoms with Crippen LogP contribution in [0.2, 0.25) is 0 Å². The van der Waals surface area contributed by atoms with Gasteiger partial charge >= 0.3 is 5.97 Å². The summed E-state index contributed by atoms with van der Waals surface area (Å²) in [7, 11) is 1.32. The van der Waals surface area contributed by atoms with Gasteiger partial charge in [0, 0.05) is 0 Å². The lowest BCUT2D eigenvalue weighted by Crippen LogP contribution is -2.07. The zero-order chi connectivity index (χ0) is 13.7. The summed E-state index contributed by atoms with van der Waals surface area (Å²) in [5.74, 6) is 0.00872. The Kier molecular flexibility index (Phi) is 4.03. The number of hydrogen-bond donors (Lipinski definition) is 1. The summed E-state index contributed by atoms with van der Waals surface area (Å²) in [6, 6.07) is 14.8. The fraction of sp³-hybridized carbons (Fsp3) is 0.133. The Labute approximate surface area is 111 Å². The minimum Gasteiger partial charge on any atom is -0.487 e. The molecule has 2 aromatic carbocycles. The van der Waals surface area contributed by atoms with Gasteiger partial charge in [-0.25, -0.2) is 4.79 Å². The number of para-hydroxylation sites is 1. The maximum Gasteiger partial charge on any atom is 0.340 e. The summed E-state index contributed by atoms with van der Waals surface area (Å²) in [6.45, 7) is 0.398. The Bertz CT molecular complexity index is 567. The van der Waals surface area contributed by atoms with Crippen LogP contribution in [-0.2, 0) is 11.3 Å². The lowest BCUT2D eigenvalue weighted by Gasteiger charge is -2.11. The lowest BCUT2D eigenvalue weighted by atomic mass is 10.1. The number of carbonyl (C=O) groups excluding carboxylic acids is 1. The molecule has 98 valence electrons. The quantitative estimate of drug-likeness (QED) is 0.675. The number of nitrogen functional groups attached to an aromatic ring is 1. The average Bonchev–Trinajstić information content (AvgIpc) is 2.46. The van der Waals surface area contributed by atoms with Crippen LogP contribution in [-0.4, -0.2) is 13.1 Å². The first kappa shape index (κ1) is 13.0. The largest absolute Gasteiger partial charge is 0.487 e. The van der Waals surface area contributed by atoms with Crippen LogP contribution in [0.3, 0.4) is 0 Å².